The van der Waals surface area contributed by atoms with Crippen LogP contribution in [0.2, 0.25) is 0 Å². The fourth-order valence-corrected chi connectivity index (χ4v) is 1.44. The van der Waals surface area contributed by atoms with E-state index in [9.17, 15) is 9.59 Å². The summed E-state index contributed by atoms with van der Waals surface area (Å²) in [6.07, 6.45) is 1.54. The average Bonchev–Trinajstić information content (AvgIpc) is 2.38. The third kappa shape index (κ3) is 4.70. The first-order valence-corrected chi connectivity index (χ1v) is 6.01. The molecule has 1 rings (SSSR count). The minimum Gasteiger partial charge on any atom is -0.465 e. The highest BCUT2D eigenvalue weighted by Crippen LogP contribution is 2.06. The molecule has 0 aliphatic carbocycles. The summed E-state index contributed by atoms with van der Waals surface area (Å²) in [5, 5.41) is 3.95. The summed E-state index contributed by atoms with van der Waals surface area (Å²) in [6.45, 7) is 3.03. The third-order valence-electron chi connectivity index (χ3n) is 2.51. The maximum absolute atomic E-state index is 11.8. The number of methoxy groups -OCH3 is 1. The van der Waals surface area contributed by atoms with Gasteiger partial charge in [-0.05, 0) is 6.92 Å². The van der Waals surface area contributed by atoms with E-state index in [1.165, 1.54) is 12.3 Å². The number of esters is 1. The standard InChI is InChI=1S/C12H19N3O4/c1-4-19-12(17)9-15-11(16)7-10(8-13-15)14(2)5-6-18-3/h7-8H,4-6,9H2,1-3H3. The van der Waals surface area contributed by atoms with Crippen LogP contribution in [0.15, 0.2) is 17.1 Å². The van der Waals surface area contributed by atoms with Crippen molar-refractivity contribution in [2.45, 2.75) is 13.5 Å². The van der Waals surface area contributed by atoms with Crippen LogP contribution in [0.5, 0.6) is 0 Å². The number of anilines is 1. The molecule has 0 unspecified atom stereocenters. The molecule has 1 aromatic rings. The molecule has 7 heteroatoms. The second-order valence-corrected chi connectivity index (χ2v) is 3.93. The van der Waals surface area contributed by atoms with Gasteiger partial charge >= 0.3 is 5.97 Å². The van der Waals surface area contributed by atoms with Gasteiger partial charge in [-0.1, -0.05) is 0 Å². The number of rotatable bonds is 7. The van der Waals surface area contributed by atoms with Gasteiger partial charge in [-0.15, -0.1) is 0 Å². The zero-order chi connectivity index (χ0) is 14.3. The van der Waals surface area contributed by atoms with E-state index in [1.54, 1.807) is 14.0 Å². The largest absolute Gasteiger partial charge is 0.465 e. The SMILES string of the molecule is CCOC(=O)Cn1ncc(N(C)CCOC)cc1=O. The maximum atomic E-state index is 11.8. The van der Waals surface area contributed by atoms with Crippen LogP contribution in [0.3, 0.4) is 0 Å². The Labute approximate surface area is 111 Å². The summed E-state index contributed by atoms with van der Waals surface area (Å²) in [4.78, 5) is 24.9. The van der Waals surface area contributed by atoms with E-state index in [4.69, 9.17) is 9.47 Å². The Morgan fingerprint density at radius 2 is 2.26 bits per heavy atom. The lowest BCUT2D eigenvalue weighted by molar-refractivity contribution is -0.144. The van der Waals surface area contributed by atoms with Crippen LogP contribution < -0.4 is 10.5 Å². The molecule has 106 valence electrons. The molecule has 0 N–H and O–H groups in total. The molecule has 0 spiro atoms. The molecular formula is C12H19N3O4. The number of likely N-dealkylation sites (N-methyl/N-ethyl adjacent to an activating group) is 1. The topological polar surface area (TPSA) is 73.7 Å². The first-order valence-electron chi connectivity index (χ1n) is 6.01. The second kappa shape index (κ2) is 7.52. The number of hydrogen-bond donors (Lipinski definition) is 0. The molecule has 0 amide bonds. The summed E-state index contributed by atoms with van der Waals surface area (Å²) >= 11 is 0. The molecule has 0 radical (unpaired) electrons. The molecule has 19 heavy (non-hydrogen) atoms. The minimum absolute atomic E-state index is 0.172. The van der Waals surface area contributed by atoms with Gasteiger partial charge in [0.05, 0.1) is 25.1 Å². The van der Waals surface area contributed by atoms with Crippen LogP contribution in [-0.4, -0.2) is 49.7 Å². The van der Waals surface area contributed by atoms with Crippen LogP contribution in [0.4, 0.5) is 5.69 Å². The Bertz CT molecular complexity index is 472. The van der Waals surface area contributed by atoms with Gasteiger partial charge in [-0.3, -0.25) is 9.59 Å². The molecule has 0 aliphatic rings. The van der Waals surface area contributed by atoms with Crippen molar-refractivity contribution in [2.75, 3.05) is 38.8 Å². The smallest absolute Gasteiger partial charge is 0.327 e. The Hall–Kier alpha value is -1.89. The summed E-state index contributed by atoms with van der Waals surface area (Å²) in [7, 11) is 3.45. The molecule has 0 aliphatic heterocycles. The monoisotopic (exact) mass is 269 g/mol. The highest BCUT2D eigenvalue weighted by Gasteiger charge is 2.08. The number of ether oxygens (including phenoxy) is 2. The Kier molecular flexibility index (Phi) is 6.01. The summed E-state index contributed by atoms with van der Waals surface area (Å²) in [5.74, 6) is -0.474. The number of aromatic nitrogens is 2. The normalized spacial score (nSPS) is 10.3. The van der Waals surface area contributed by atoms with E-state index in [-0.39, 0.29) is 18.7 Å². The first-order chi connectivity index (χ1) is 9.08. The van der Waals surface area contributed by atoms with Crippen LogP contribution in [0, 0.1) is 0 Å². The summed E-state index contributed by atoms with van der Waals surface area (Å²) in [5.41, 5.74) is 0.344. The highest BCUT2D eigenvalue weighted by atomic mass is 16.5. The van der Waals surface area contributed by atoms with Crippen molar-refractivity contribution in [3.8, 4) is 0 Å². The molecule has 0 aromatic carbocycles. The molecule has 0 saturated carbocycles. The van der Waals surface area contributed by atoms with E-state index in [0.717, 1.165) is 4.68 Å². The zero-order valence-electron chi connectivity index (χ0n) is 11.5. The van der Waals surface area contributed by atoms with Gasteiger partial charge in [0.1, 0.15) is 6.54 Å². The fraction of sp³-hybridized carbons (Fsp3) is 0.583. The third-order valence-corrected chi connectivity index (χ3v) is 2.51. The van der Waals surface area contributed by atoms with Crippen LogP contribution >= 0.6 is 0 Å². The minimum atomic E-state index is -0.474. The predicted octanol–water partition coefficient (Wildman–Crippen LogP) is -0.111. The predicted molar refractivity (Wildman–Crippen MR) is 70.3 cm³/mol. The molecule has 0 atom stereocenters. The molecular weight excluding hydrogens is 250 g/mol. The second-order valence-electron chi connectivity index (χ2n) is 3.93. The quantitative estimate of drug-likeness (QED) is 0.643. The van der Waals surface area contributed by atoms with E-state index < -0.39 is 5.97 Å². The van der Waals surface area contributed by atoms with Crippen LogP contribution in [-0.2, 0) is 20.8 Å². The number of carbonyl (C=O) groups excluding carboxylic acids is 1. The Balaban J connectivity index is 2.74. The lowest BCUT2D eigenvalue weighted by atomic mass is 10.4. The first kappa shape index (κ1) is 15.2. The molecule has 0 bridgehead atoms. The molecule has 0 saturated heterocycles. The number of nitrogens with zero attached hydrogens (tertiary/aromatic N) is 3. The van der Waals surface area contributed by atoms with Gasteiger partial charge in [-0.2, -0.15) is 5.10 Å². The van der Waals surface area contributed by atoms with Crippen LogP contribution in [0.25, 0.3) is 0 Å². The lowest BCUT2D eigenvalue weighted by Crippen LogP contribution is -2.30. The van der Waals surface area contributed by atoms with Gasteiger partial charge in [0.2, 0.25) is 0 Å². The number of hydrogen-bond acceptors (Lipinski definition) is 6. The average molecular weight is 269 g/mol. The van der Waals surface area contributed by atoms with Crippen molar-refractivity contribution in [3.63, 3.8) is 0 Å². The van der Waals surface area contributed by atoms with Crippen molar-refractivity contribution in [1.29, 1.82) is 0 Å². The summed E-state index contributed by atoms with van der Waals surface area (Å²) in [6, 6.07) is 1.43. The van der Waals surface area contributed by atoms with E-state index in [2.05, 4.69) is 5.10 Å². The fourth-order valence-electron chi connectivity index (χ4n) is 1.44. The van der Waals surface area contributed by atoms with Gasteiger partial charge in [-0.25, -0.2) is 4.68 Å². The lowest BCUT2D eigenvalue weighted by Gasteiger charge is -2.18. The van der Waals surface area contributed by atoms with Gasteiger partial charge < -0.3 is 14.4 Å². The zero-order valence-corrected chi connectivity index (χ0v) is 11.5. The Morgan fingerprint density at radius 1 is 1.53 bits per heavy atom. The van der Waals surface area contributed by atoms with Crippen molar-refractivity contribution in [2.24, 2.45) is 0 Å². The molecule has 1 aromatic heterocycles. The molecule has 7 nitrogen and oxygen atoms in total. The highest BCUT2D eigenvalue weighted by molar-refractivity contribution is 5.69. The van der Waals surface area contributed by atoms with Gasteiger partial charge in [0, 0.05) is 26.8 Å². The molecule has 1 heterocycles. The van der Waals surface area contributed by atoms with Crippen molar-refractivity contribution in [3.05, 3.63) is 22.6 Å². The van der Waals surface area contributed by atoms with Gasteiger partial charge in [0.25, 0.3) is 5.56 Å². The van der Waals surface area contributed by atoms with E-state index in [1.807, 2.05) is 11.9 Å². The van der Waals surface area contributed by atoms with Gasteiger partial charge in [0.15, 0.2) is 0 Å². The van der Waals surface area contributed by atoms with Crippen molar-refractivity contribution >= 4 is 11.7 Å². The van der Waals surface area contributed by atoms with E-state index >= 15 is 0 Å². The van der Waals surface area contributed by atoms with Crippen molar-refractivity contribution in [1.82, 2.24) is 9.78 Å². The van der Waals surface area contributed by atoms with Crippen LogP contribution in [0.1, 0.15) is 6.92 Å². The summed E-state index contributed by atoms with van der Waals surface area (Å²) < 4.78 is 10.8. The van der Waals surface area contributed by atoms with Crippen molar-refractivity contribution < 1.29 is 14.3 Å². The molecule has 0 fully saturated rings. The van der Waals surface area contributed by atoms with E-state index in [0.29, 0.717) is 18.8 Å². The Morgan fingerprint density at radius 3 is 2.84 bits per heavy atom. The maximum Gasteiger partial charge on any atom is 0.327 e. The number of carbonyl (C=O) groups is 1.